The molecule has 1 heterocycles. The molecule has 2 aliphatic rings. The summed E-state index contributed by atoms with van der Waals surface area (Å²) in [5.41, 5.74) is -0.0126. The van der Waals surface area contributed by atoms with Crippen LogP contribution < -0.4 is 0 Å². The van der Waals surface area contributed by atoms with Gasteiger partial charge in [0, 0.05) is 5.54 Å². The lowest BCUT2D eigenvalue weighted by molar-refractivity contribution is -0.141. The van der Waals surface area contributed by atoms with Gasteiger partial charge in [0.15, 0.2) is 0 Å². The van der Waals surface area contributed by atoms with Crippen LogP contribution in [-0.4, -0.2) is 34.6 Å². The molecule has 1 aliphatic heterocycles. The van der Waals surface area contributed by atoms with E-state index in [2.05, 4.69) is 11.8 Å². The molecular formula is C14H25NO2. The number of rotatable bonds is 4. The predicted molar refractivity (Wildman–Crippen MR) is 68.0 cm³/mol. The number of carboxylic acid groups (broad SMARTS) is 1. The van der Waals surface area contributed by atoms with E-state index in [1.165, 1.54) is 32.1 Å². The summed E-state index contributed by atoms with van der Waals surface area (Å²) in [6.45, 7) is 4.47. The maximum atomic E-state index is 11.2. The lowest BCUT2D eigenvalue weighted by Gasteiger charge is -2.46. The highest BCUT2D eigenvalue weighted by atomic mass is 16.4. The number of carbonyl (C=O) groups is 1. The molecular weight excluding hydrogens is 214 g/mol. The van der Waals surface area contributed by atoms with Gasteiger partial charge in [0.1, 0.15) is 0 Å². The Morgan fingerprint density at radius 2 is 2.06 bits per heavy atom. The minimum absolute atomic E-state index is 0.0126. The summed E-state index contributed by atoms with van der Waals surface area (Å²) in [6.07, 6.45) is 8.76. The molecule has 2 rings (SSSR count). The van der Waals surface area contributed by atoms with Crippen LogP contribution >= 0.6 is 0 Å². The largest absolute Gasteiger partial charge is 0.481 e. The molecule has 0 aromatic carbocycles. The molecule has 1 N–H and O–H groups in total. The standard InChI is InChI=1S/C14H25NO2/c1-2-12-6-5-7-14(10-12,11-13(16)17)15-8-3-4-9-15/h12H,2-11H2,1H3,(H,16,17). The molecule has 2 atom stereocenters. The molecule has 3 nitrogen and oxygen atoms in total. The first-order chi connectivity index (χ1) is 8.16. The maximum absolute atomic E-state index is 11.2. The lowest BCUT2D eigenvalue weighted by atomic mass is 9.72. The van der Waals surface area contributed by atoms with E-state index in [1.807, 2.05) is 0 Å². The van der Waals surface area contributed by atoms with Crippen molar-refractivity contribution in [3.63, 3.8) is 0 Å². The Morgan fingerprint density at radius 3 is 2.65 bits per heavy atom. The van der Waals surface area contributed by atoms with Crippen LogP contribution in [-0.2, 0) is 4.79 Å². The van der Waals surface area contributed by atoms with Crippen molar-refractivity contribution < 1.29 is 9.90 Å². The van der Waals surface area contributed by atoms with Gasteiger partial charge in [-0.2, -0.15) is 0 Å². The van der Waals surface area contributed by atoms with E-state index >= 15 is 0 Å². The minimum atomic E-state index is -0.617. The SMILES string of the molecule is CCC1CCCC(CC(=O)O)(N2CCCC2)C1. The summed E-state index contributed by atoms with van der Waals surface area (Å²) in [5.74, 6) is 0.123. The molecule has 0 spiro atoms. The van der Waals surface area contributed by atoms with Gasteiger partial charge >= 0.3 is 5.97 Å². The van der Waals surface area contributed by atoms with Crippen molar-refractivity contribution in [1.82, 2.24) is 4.90 Å². The van der Waals surface area contributed by atoms with Crippen molar-refractivity contribution in [2.45, 2.75) is 63.8 Å². The molecule has 0 radical (unpaired) electrons. The zero-order valence-corrected chi connectivity index (χ0v) is 11.0. The Kier molecular flexibility index (Phi) is 4.08. The average molecular weight is 239 g/mol. The fraction of sp³-hybridized carbons (Fsp3) is 0.929. The Hall–Kier alpha value is -0.570. The normalized spacial score (nSPS) is 35.0. The van der Waals surface area contributed by atoms with E-state index in [0.717, 1.165) is 31.8 Å². The highest BCUT2D eigenvalue weighted by Gasteiger charge is 2.43. The molecule has 2 fully saturated rings. The van der Waals surface area contributed by atoms with Crippen molar-refractivity contribution in [2.24, 2.45) is 5.92 Å². The molecule has 98 valence electrons. The smallest absolute Gasteiger partial charge is 0.305 e. The van der Waals surface area contributed by atoms with Gasteiger partial charge in [-0.1, -0.05) is 26.2 Å². The van der Waals surface area contributed by atoms with Crippen molar-refractivity contribution in [3.05, 3.63) is 0 Å². The maximum Gasteiger partial charge on any atom is 0.305 e. The molecule has 0 amide bonds. The molecule has 17 heavy (non-hydrogen) atoms. The van der Waals surface area contributed by atoms with Crippen LogP contribution in [0.1, 0.15) is 58.3 Å². The number of hydrogen-bond donors (Lipinski definition) is 1. The van der Waals surface area contributed by atoms with E-state index in [9.17, 15) is 9.90 Å². The third kappa shape index (κ3) is 2.82. The molecule has 3 heteroatoms. The monoisotopic (exact) mass is 239 g/mol. The van der Waals surface area contributed by atoms with Crippen LogP contribution in [0.15, 0.2) is 0 Å². The number of carboxylic acids is 1. The molecule has 0 aromatic rings. The molecule has 0 aromatic heterocycles. The summed E-state index contributed by atoms with van der Waals surface area (Å²) in [5, 5.41) is 9.22. The van der Waals surface area contributed by atoms with E-state index in [4.69, 9.17) is 0 Å². The summed E-state index contributed by atoms with van der Waals surface area (Å²) in [7, 11) is 0. The van der Waals surface area contributed by atoms with Crippen LogP contribution in [0.3, 0.4) is 0 Å². The highest BCUT2D eigenvalue weighted by molar-refractivity contribution is 5.68. The molecule has 1 saturated carbocycles. The van der Waals surface area contributed by atoms with Crippen LogP contribution in [0.2, 0.25) is 0 Å². The Bertz CT molecular complexity index is 273. The summed E-state index contributed by atoms with van der Waals surface area (Å²) in [4.78, 5) is 13.7. The van der Waals surface area contributed by atoms with Gasteiger partial charge in [0.2, 0.25) is 0 Å². The van der Waals surface area contributed by atoms with E-state index in [0.29, 0.717) is 6.42 Å². The molecule has 0 bridgehead atoms. The van der Waals surface area contributed by atoms with Gasteiger partial charge in [-0.15, -0.1) is 0 Å². The topological polar surface area (TPSA) is 40.5 Å². The second-order valence-electron chi connectivity index (χ2n) is 5.86. The predicted octanol–water partition coefficient (Wildman–Crippen LogP) is 2.90. The zero-order valence-electron chi connectivity index (χ0n) is 11.0. The van der Waals surface area contributed by atoms with E-state index < -0.39 is 5.97 Å². The van der Waals surface area contributed by atoms with Crippen LogP contribution in [0.25, 0.3) is 0 Å². The summed E-state index contributed by atoms with van der Waals surface area (Å²) < 4.78 is 0. The second-order valence-corrected chi connectivity index (χ2v) is 5.86. The first kappa shape index (κ1) is 12.9. The quantitative estimate of drug-likeness (QED) is 0.820. The van der Waals surface area contributed by atoms with Gasteiger partial charge in [-0.05, 0) is 44.7 Å². The number of aliphatic carboxylic acids is 1. The van der Waals surface area contributed by atoms with Gasteiger partial charge < -0.3 is 5.11 Å². The van der Waals surface area contributed by atoms with Gasteiger partial charge in [0.05, 0.1) is 6.42 Å². The van der Waals surface area contributed by atoms with Crippen molar-refractivity contribution in [1.29, 1.82) is 0 Å². The third-order valence-corrected chi connectivity index (χ3v) is 4.76. The van der Waals surface area contributed by atoms with E-state index in [-0.39, 0.29) is 5.54 Å². The third-order valence-electron chi connectivity index (χ3n) is 4.76. The molecule has 2 unspecified atom stereocenters. The van der Waals surface area contributed by atoms with Crippen molar-refractivity contribution in [3.8, 4) is 0 Å². The number of nitrogens with zero attached hydrogens (tertiary/aromatic N) is 1. The van der Waals surface area contributed by atoms with Crippen LogP contribution in [0.4, 0.5) is 0 Å². The Balaban J connectivity index is 2.12. The summed E-state index contributed by atoms with van der Waals surface area (Å²) >= 11 is 0. The van der Waals surface area contributed by atoms with Crippen molar-refractivity contribution >= 4 is 5.97 Å². The first-order valence-corrected chi connectivity index (χ1v) is 7.13. The van der Waals surface area contributed by atoms with Gasteiger partial charge in [0.25, 0.3) is 0 Å². The highest BCUT2D eigenvalue weighted by Crippen LogP contribution is 2.42. The minimum Gasteiger partial charge on any atom is -0.481 e. The Morgan fingerprint density at radius 1 is 1.35 bits per heavy atom. The molecule has 1 aliphatic carbocycles. The first-order valence-electron chi connectivity index (χ1n) is 7.13. The number of likely N-dealkylation sites (tertiary alicyclic amines) is 1. The second kappa shape index (κ2) is 5.38. The molecule has 1 saturated heterocycles. The van der Waals surface area contributed by atoms with Gasteiger partial charge in [-0.25, -0.2) is 0 Å². The Labute approximate surface area is 104 Å². The van der Waals surface area contributed by atoms with Crippen LogP contribution in [0, 0.1) is 5.92 Å². The van der Waals surface area contributed by atoms with Crippen LogP contribution in [0.5, 0.6) is 0 Å². The zero-order chi connectivity index (χ0) is 12.3. The lowest BCUT2D eigenvalue weighted by Crippen LogP contribution is -2.51. The van der Waals surface area contributed by atoms with Gasteiger partial charge in [-0.3, -0.25) is 9.69 Å². The fourth-order valence-electron chi connectivity index (χ4n) is 3.84. The fourth-order valence-corrected chi connectivity index (χ4v) is 3.84. The average Bonchev–Trinajstić information content (AvgIpc) is 2.82. The number of hydrogen-bond acceptors (Lipinski definition) is 2. The summed E-state index contributed by atoms with van der Waals surface area (Å²) in [6, 6.07) is 0. The van der Waals surface area contributed by atoms with Crippen molar-refractivity contribution in [2.75, 3.05) is 13.1 Å². The van der Waals surface area contributed by atoms with E-state index in [1.54, 1.807) is 0 Å².